The summed E-state index contributed by atoms with van der Waals surface area (Å²) < 4.78 is 9.88. The highest BCUT2D eigenvalue weighted by atomic mass is 16.5. The van der Waals surface area contributed by atoms with Gasteiger partial charge < -0.3 is 14.4 Å². The summed E-state index contributed by atoms with van der Waals surface area (Å²) in [6, 6.07) is 3.09. The third kappa shape index (κ3) is 5.25. The SMILES string of the molecule is C=C(C)CN(CC)C(=O)COC(=O)c1ccc(OC)nc1. The fourth-order valence-corrected chi connectivity index (χ4v) is 1.63. The van der Waals surface area contributed by atoms with Gasteiger partial charge in [0.1, 0.15) is 0 Å². The van der Waals surface area contributed by atoms with Crippen LogP contribution < -0.4 is 4.74 Å². The Morgan fingerprint density at radius 2 is 2.10 bits per heavy atom. The Hall–Kier alpha value is -2.37. The van der Waals surface area contributed by atoms with Crippen LogP contribution >= 0.6 is 0 Å². The maximum atomic E-state index is 11.9. The second-order valence-electron chi connectivity index (χ2n) is 4.53. The number of hydrogen-bond acceptors (Lipinski definition) is 5. The van der Waals surface area contributed by atoms with Gasteiger partial charge in [-0.2, -0.15) is 0 Å². The highest BCUT2D eigenvalue weighted by Gasteiger charge is 2.15. The van der Waals surface area contributed by atoms with E-state index in [9.17, 15) is 9.59 Å². The van der Waals surface area contributed by atoms with Gasteiger partial charge in [-0.1, -0.05) is 12.2 Å². The molecule has 1 heterocycles. The molecule has 0 atom stereocenters. The lowest BCUT2D eigenvalue weighted by atomic mass is 10.3. The topological polar surface area (TPSA) is 68.7 Å². The van der Waals surface area contributed by atoms with E-state index in [4.69, 9.17) is 9.47 Å². The monoisotopic (exact) mass is 292 g/mol. The second kappa shape index (κ2) is 8.04. The normalized spacial score (nSPS) is 9.86. The minimum atomic E-state index is -0.593. The van der Waals surface area contributed by atoms with Crippen LogP contribution in [0.2, 0.25) is 0 Å². The van der Waals surface area contributed by atoms with E-state index < -0.39 is 5.97 Å². The third-order valence-electron chi connectivity index (χ3n) is 2.70. The van der Waals surface area contributed by atoms with Crippen molar-refractivity contribution in [1.29, 1.82) is 0 Å². The van der Waals surface area contributed by atoms with Gasteiger partial charge in [-0.3, -0.25) is 4.79 Å². The standard InChI is InChI=1S/C15H20N2O4/c1-5-17(9-11(2)3)14(18)10-21-15(19)12-6-7-13(20-4)16-8-12/h6-8H,2,5,9-10H2,1,3-4H3. The quantitative estimate of drug-likeness (QED) is 0.565. The lowest BCUT2D eigenvalue weighted by molar-refractivity contribution is -0.133. The van der Waals surface area contributed by atoms with Crippen molar-refractivity contribution in [3.05, 3.63) is 36.0 Å². The van der Waals surface area contributed by atoms with Crippen molar-refractivity contribution < 1.29 is 19.1 Å². The van der Waals surface area contributed by atoms with Gasteiger partial charge in [0, 0.05) is 25.4 Å². The van der Waals surface area contributed by atoms with E-state index in [1.807, 2.05) is 13.8 Å². The first kappa shape index (κ1) is 16.7. The van der Waals surface area contributed by atoms with Gasteiger partial charge in [-0.05, 0) is 19.9 Å². The van der Waals surface area contributed by atoms with Gasteiger partial charge in [0.05, 0.1) is 12.7 Å². The molecule has 0 unspecified atom stereocenters. The maximum absolute atomic E-state index is 11.9. The summed E-state index contributed by atoms with van der Waals surface area (Å²) in [5.41, 5.74) is 1.14. The molecule has 1 aromatic heterocycles. The number of amides is 1. The van der Waals surface area contributed by atoms with E-state index >= 15 is 0 Å². The summed E-state index contributed by atoms with van der Waals surface area (Å²) in [5, 5.41) is 0. The van der Waals surface area contributed by atoms with Crippen molar-refractivity contribution in [2.24, 2.45) is 0 Å². The number of likely N-dealkylation sites (N-methyl/N-ethyl adjacent to an activating group) is 1. The summed E-state index contributed by atoms with van der Waals surface area (Å²) in [4.78, 5) is 29.2. The average molecular weight is 292 g/mol. The zero-order valence-corrected chi connectivity index (χ0v) is 12.6. The number of hydrogen-bond donors (Lipinski definition) is 0. The highest BCUT2D eigenvalue weighted by Crippen LogP contribution is 2.08. The van der Waals surface area contributed by atoms with Crippen LogP contribution in [0.4, 0.5) is 0 Å². The first-order valence-corrected chi connectivity index (χ1v) is 6.57. The Labute approximate surface area is 124 Å². The van der Waals surface area contributed by atoms with Crippen molar-refractivity contribution >= 4 is 11.9 Å². The number of ether oxygens (including phenoxy) is 2. The lowest BCUT2D eigenvalue weighted by Gasteiger charge is -2.20. The molecule has 0 radical (unpaired) electrons. The van der Waals surface area contributed by atoms with Crippen LogP contribution in [-0.4, -0.2) is 48.6 Å². The number of pyridine rings is 1. The van der Waals surface area contributed by atoms with Crippen molar-refractivity contribution in [3.8, 4) is 5.88 Å². The van der Waals surface area contributed by atoms with Crippen molar-refractivity contribution in [3.63, 3.8) is 0 Å². The number of rotatable bonds is 7. The van der Waals surface area contributed by atoms with Gasteiger partial charge in [0.2, 0.25) is 5.88 Å². The molecule has 0 aliphatic carbocycles. The second-order valence-corrected chi connectivity index (χ2v) is 4.53. The molecule has 1 aromatic rings. The van der Waals surface area contributed by atoms with E-state index in [-0.39, 0.29) is 18.1 Å². The van der Waals surface area contributed by atoms with Crippen LogP contribution in [0, 0.1) is 0 Å². The Bertz CT molecular complexity index is 511. The molecule has 0 N–H and O–H groups in total. The number of nitrogens with zero attached hydrogens (tertiary/aromatic N) is 2. The molecule has 1 rings (SSSR count). The molecule has 0 aromatic carbocycles. The smallest absolute Gasteiger partial charge is 0.340 e. The number of carbonyl (C=O) groups is 2. The van der Waals surface area contributed by atoms with Crippen LogP contribution in [0.5, 0.6) is 5.88 Å². The van der Waals surface area contributed by atoms with Crippen molar-refractivity contribution in [2.45, 2.75) is 13.8 Å². The number of methoxy groups -OCH3 is 1. The van der Waals surface area contributed by atoms with Gasteiger partial charge >= 0.3 is 5.97 Å². The van der Waals surface area contributed by atoms with Crippen LogP contribution in [0.3, 0.4) is 0 Å². The average Bonchev–Trinajstić information content (AvgIpc) is 2.49. The molecular weight excluding hydrogens is 272 g/mol. The van der Waals surface area contributed by atoms with Crippen LogP contribution in [-0.2, 0) is 9.53 Å². The highest BCUT2D eigenvalue weighted by molar-refractivity contribution is 5.91. The van der Waals surface area contributed by atoms with E-state index in [2.05, 4.69) is 11.6 Å². The number of carbonyl (C=O) groups excluding carboxylic acids is 2. The summed E-state index contributed by atoms with van der Waals surface area (Å²) >= 11 is 0. The first-order chi connectivity index (χ1) is 9.97. The van der Waals surface area contributed by atoms with Crippen LogP contribution in [0.15, 0.2) is 30.5 Å². The van der Waals surface area contributed by atoms with E-state index in [0.717, 1.165) is 5.57 Å². The molecule has 21 heavy (non-hydrogen) atoms. The molecule has 114 valence electrons. The molecule has 0 spiro atoms. The van der Waals surface area contributed by atoms with Gasteiger partial charge in [0.15, 0.2) is 6.61 Å². The van der Waals surface area contributed by atoms with E-state index in [1.54, 1.807) is 11.0 Å². The predicted octanol–water partition coefficient (Wildman–Crippen LogP) is 1.67. The summed E-state index contributed by atoms with van der Waals surface area (Å²) in [6.07, 6.45) is 1.34. The third-order valence-corrected chi connectivity index (χ3v) is 2.70. The number of esters is 1. The Morgan fingerprint density at radius 1 is 1.38 bits per heavy atom. The minimum Gasteiger partial charge on any atom is -0.481 e. The molecule has 0 bridgehead atoms. The molecule has 0 saturated heterocycles. The fraction of sp³-hybridized carbons (Fsp3) is 0.400. The Morgan fingerprint density at radius 3 is 2.57 bits per heavy atom. The van der Waals surface area contributed by atoms with E-state index in [1.165, 1.54) is 19.4 Å². The first-order valence-electron chi connectivity index (χ1n) is 6.57. The van der Waals surface area contributed by atoms with Crippen LogP contribution in [0.25, 0.3) is 0 Å². The van der Waals surface area contributed by atoms with Crippen LogP contribution in [0.1, 0.15) is 24.2 Å². The lowest BCUT2D eigenvalue weighted by Crippen LogP contribution is -2.35. The summed E-state index contributed by atoms with van der Waals surface area (Å²) in [5.74, 6) is -0.443. The Balaban J connectivity index is 2.54. The summed E-state index contributed by atoms with van der Waals surface area (Å²) in [6.45, 7) is 8.15. The minimum absolute atomic E-state index is 0.254. The molecule has 0 fully saturated rings. The molecule has 0 aliphatic rings. The van der Waals surface area contributed by atoms with E-state index in [0.29, 0.717) is 19.0 Å². The molecule has 6 heteroatoms. The van der Waals surface area contributed by atoms with Crippen molar-refractivity contribution in [2.75, 3.05) is 26.8 Å². The summed E-state index contributed by atoms with van der Waals surface area (Å²) in [7, 11) is 1.49. The molecule has 0 aliphatic heterocycles. The zero-order chi connectivity index (χ0) is 15.8. The largest absolute Gasteiger partial charge is 0.481 e. The number of aromatic nitrogens is 1. The zero-order valence-electron chi connectivity index (χ0n) is 12.6. The molecule has 6 nitrogen and oxygen atoms in total. The fourth-order valence-electron chi connectivity index (χ4n) is 1.63. The Kier molecular flexibility index (Phi) is 6.39. The van der Waals surface area contributed by atoms with Gasteiger partial charge in [-0.15, -0.1) is 0 Å². The molecular formula is C15H20N2O4. The molecule has 0 saturated carbocycles. The predicted molar refractivity (Wildman–Crippen MR) is 78.1 cm³/mol. The van der Waals surface area contributed by atoms with Gasteiger partial charge in [-0.25, -0.2) is 9.78 Å². The van der Waals surface area contributed by atoms with Gasteiger partial charge in [0.25, 0.3) is 5.91 Å². The van der Waals surface area contributed by atoms with Crippen molar-refractivity contribution in [1.82, 2.24) is 9.88 Å². The maximum Gasteiger partial charge on any atom is 0.340 e. The molecule has 1 amide bonds.